The Bertz CT molecular complexity index is 537. The summed E-state index contributed by atoms with van der Waals surface area (Å²) in [6, 6.07) is -0.352. The summed E-state index contributed by atoms with van der Waals surface area (Å²) in [6.07, 6.45) is 2.71. The van der Waals surface area contributed by atoms with E-state index in [9.17, 15) is 13.6 Å². The first-order valence-electron chi connectivity index (χ1n) is 8.04. The van der Waals surface area contributed by atoms with E-state index in [4.69, 9.17) is 0 Å². The summed E-state index contributed by atoms with van der Waals surface area (Å²) < 4.78 is 27.2. The molecule has 0 radical (unpaired) electrons. The van der Waals surface area contributed by atoms with Crippen molar-refractivity contribution in [3.8, 4) is 0 Å². The number of hydrogen-bond donors (Lipinski definition) is 1. The Morgan fingerprint density at radius 3 is 2.78 bits per heavy atom. The van der Waals surface area contributed by atoms with Gasteiger partial charge < -0.3 is 0 Å². The monoisotopic (exact) mass is 326 g/mol. The van der Waals surface area contributed by atoms with Crippen LogP contribution >= 0.6 is 0 Å². The molecule has 2 heterocycles. The molecule has 5 nitrogen and oxygen atoms in total. The average Bonchev–Trinajstić information content (AvgIpc) is 3.01. The number of rotatable bonds is 6. The molecular weight excluding hydrogens is 302 g/mol. The number of hydrazine groups is 1. The van der Waals surface area contributed by atoms with Gasteiger partial charge in [-0.3, -0.25) is 19.8 Å². The number of alkyl halides is 2. The van der Waals surface area contributed by atoms with E-state index >= 15 is 0 Å². The molecule has 0 saturated carbocycles. The van der Waals surface area contributed by atoms with Crippen LogP contribution < -0.4 is 5.43 Å². The van der Waals surface area contributed by atoms with E-state index in [1.165, 1.54) is 11.9 Å². The van der Waals surface area contributed by atoms with Crippen LogP contribution in [0.5, 0.6) is 0 Å². The zero-order valence-corrected chi connectivity index (χ0v) is 13.9. The van der Waals surface area contributed by atoms with Crippen molar-refractivity contribution >= 4 is 5.91 Å². The number of aromatic nitrogens is 2. The molecule has 128 valence electrons. The number of hydrogen-bond acceptors (Lipinski definition) is 4. The lowest BCUT2D eigenvalue weighted by Crippen LogP contribution is -2.50. The summed E-state index contributed by atoms with van der Waals surface area (Å²) in [5.74, 6) is -0.564. The van der Waals surface area contributed by atoms with Crippen LogP contribution in [0.4, 0.5) is 8.78 Å². The molecule has 1 aliphatic heterocycles. The topological polar surface area (TPSA) is 58.1 Å². The van der Waals surface area contributed by atoms with Gasteiger partial charge in [-0.25, -0.2) is 14.2 Å². The minimum Gasteiger partial charge on any atom is -0.273 e. The SMILES string of the molecule is CCCCC(C)(C(=O)N1NCCC1c1cnc(C)cn1)C(F)F. The van der Waals surface area contributed by atoms with Crippen LogP contribution in [0.1, 0.15) is 57.0 Å². The largest absolute Gasteiger partial charge is 0.273 e. The molecule has 1 aromatic heterocycles. The minimum atomic E-state index is -2.70. The molecule has 0 bridgehead atoms. The van der Waals surface area contributed by atoms with Gasteiger partial charge >= 0.3 is 0 Å². The Morgan fingerprint density at radius 1 is 1.48 bits per heavy atom. The van der Waals surface area contributed by atoms with Crippen molar-refractivity contribution in [1.82, 2.24) is 20.4 Å². The van der Waals surface area contributed by atoms with Crippen LogP contribution in [0.25, 0.3) is 0 Å². The maximum absolute atomic E-state index is 13.6. The van der Waals surface area contributed by atoms with Crippen molar-refractivity contribution in [3.05, 3.63) is 23.8 Å². The molecule has 1 aliphatic rings. The number of unbranched alkanes of at least 4 members (excludes halogenated alkanes) is 1. The number of aryl methyl sites for hydroxylation is 1. The standard InChI is InChI=1S/C16H24F2N4O/c1-4-5-7-16(3,14(17)18)15(23)22-13(6-8-21-22)12-10-19-11(2)9-20-12/h9-10,13-14,21H,4-8H2,1-3H3. The van der Waals surface area contributed by atoms with Gasteiger partial charge in [-0.15, -0.1) is 0 Å². The van der Waals surface area contributed by atoms with Gasteiger partial charge in [0.1, 0.15) is 5.41 Å². The summed E-state index contributed by atoms with van der Waals surface area (Å²) in [7, 11) is 0. The van der Waals surface area contributed by atoms with Crippen molar-refractivity contribution in [2.24, 2.45) is 5.41 Å². The van der Waals surface area contributed by atoms with Gasteiger partial charge in [-0.2, -0.15) is 0 Å². The molecule has 0 aliphatic carbocycles. The van der Waals surface area contributed by atoms with Crippen LogP contribution in [-0.2, 0) is 4.79 Å². The van der Waals surface area contributed by atoms with Crippen LogP contribution in [0.15, 0.2) is 12.4 Å². The average molecular weight is 326 g/mol. The smallest absolute Gasteiger partial charge is 0.252 e. The molecule has 1 aromatic rings. The van der Waals surface area contributed by atoms with E-state index in [1.807, 2.05) is 13.8 Å². The molecule has 2 unspecified atom stereocenters. The maximum atomic E-state index is 13.6. The van der Waals surface area contributed by atoms with Gasteiger partial charge in [0.2, 0.25) is 5.91 Å². The van der Waals surface area contributed by atoms with Gasteiger partial charge in [-0.05, 0) is 26.7 Å². The van der Waals surface area contributed by atoms with E-state index in [0.29, 0.717) is 25.1 Å². The highest BCUT2D eigenvalue weighted by molar-refractivity contribution is 5.83. The predicted molar refractivity (Wildman–Crippen MR) is 82.6 cm³/mol. The lowest BCUT2D eigenvalue weighted by Gasteiger charge is -2.34. The lowest BCUT2D eigenvalue weighted by atomic mass is 9.83. The third-order valence-electron chi connectivity index (χ3n) is 4.39. The summed E-state index contributed by atoms with van der Waals surface area (Å²) >= 11 is 0. The van der Waals surface area contributed by atoms with Crippen LogP contribution in [0.3, 0.4) is 0 Å². The molecular formula is C16H24F2N4O. The Morgan fingerprint density at radius 2 is 2.22 bits per heavy atom. The normalized spacial score (nSPS) is 20.8. The number of nitrogens with zero attached hydrogens (tertiary/aromatic N) is 3. The number of amides is 1. The molecule has 2 atom stereocenters. The number of nitrogens with one attached hydrogen (secondary N) is 1. The molecule has 0 aromatic carbocycles. The molecule has 1 N–H and O–H groups in total. The van der Waals surface area contributed by atoms with Gasteiger partial charge in [0.25, 0.3) is 6.43 Å². The minimum absolute atomic E-state index is 0.171. The Hall–Kier alpha value is -1.63. The molecule has 0 spiro atoms. The summed E-state index contributed by atoms with van der Waals surface area (Å²) in [5, 5.41) is 1.33. The molecule has 1 fully saturated rings. The van der Waals surface area contributed by atoms with E-state index in [0.717, 1.165) is 12.1 Å². The quantitative estimate of drug-likeness (QED) is 0.873. The number of halogens is 2. The van der Waals surface area contributed by atoms with Crippen molar-refractivity contribution in [2.45, 2.75) is 58.9 Å². The van der Waals surface area contributed by atoms with Crippen molar-refractivity contribution in [2.75, 3.05) is 6.54 Å². The molecule has 1 amide bonds. The van der Waals surface area contributed by atoms with Crippen LogP contribution in [-0.4, -0.2) is 33.9 Å². The van der Waals surface area contributed by atoms with Gasteiger partial charge in [-0.1, -0.05) is 19.8 Å². The Kier molecular flexibility index (Phi) is 5.62. The Balaban J connectivity index is 2.23. The summed E-state index contributed by atoms with van der Waals surface area (Å²) in [5.41, 5.74) is 2.66. The van der Waals surface area contributed by atoms with Gasteiger partial charge in [0.15, 0.2) is 0 Å². The number of carbonyl (C=O) groups excluding carboxylic acids is 1. The van der Waals surface area contributed by atoms with Gasteiger partial charge in [0.05, 0.1) is 23.6 Å². The molecule has 7 heteroatoms. The first kappa shape index (κ1) is 17.7. The molecule has 23 heavy (non-hydrogen) atoms. The highest BCUT2D eigenvalue weighted by atomic mass is 19.3. The van der Waals surface area contributed by atoms with E-state index in [1.54, 1.807) is 12.4 Å². The third kappa shape index (κ3) is 3.65. The number of carbonyl (C=O) groups is 1. The fourth-order valence-electron chi connectivity index (χ4n) is 2.76. The maximum Gasteiger partial charge on any atom is 0.252 e. The summed E-state index contributed by atoms with van der Waals surface area (Å²) in [4.78, 5) is 21.3. The van der Waals surface area contributed by atoms with Crippen molar-refractivity contribution < 1.29 is 13.6 Å². The summed E-state index contributed by atoms with van der Waals surface area (Å²) in [6.45, 7) is 5.66. The first-order valence-corrected chi connectivity index (χ1v) is 8.04. The van der Waals surface area contributed by atoms with Crippen molar-refractivity contribution in [3.63, 3.8) is 0 Å². The third-order valence-corrected chi connectivity index (χ3v) is 4.39. The second kappa shape index (κ2) is 7.29. The Labute approximate surface area is 135 Å². The lowest BCUT2D eigenvalue weighted by molar-refractivity contribution is -0.156. The van der Waals surface area contributed by atoms with E-state index in [2.05, 4.69) is 15.4 Å². The molecule has 2 rings (SSSR count). The van der Waals surface area contributed by atoms with E-state index in [-0.39, 0.29) is 12.5 Å². The van der Waals surface area contributed by atoms with Crippen molar-refractivity contribution in [1.29, 1.82) is 0 Å². The first-order chi connectivity index (χ1) is 10.9. The highest BCUT2D eigenvalue weighted by Gasteiger charge is 2.47. The zero-order chi connectivity index (χ0) is 17.0. The van der Waals surface area contributed by atoms with Gasteiger partial charge in [0, 0.05) is 12.7 Å². The van der Waals surface area contributed by atoms with Crippen LogP contribution in [0.2, 0.25) is 0 Å². The second-order valence-electron chi connectivity index (χ2n) is 6.29. The molecule has 1 saturated heterocycles. The fourth-order valence-corrected chi connectivity index (χ4v) is 2.76. The second-order valence-corrected chi connectivity index (χ2v) is 6.29. The zero-order valence-electron chi connectivity index (χ0n) is 13.9. The predicted octanol–water partition coefficient (Wildman–Crippen LogP) is 3.02. The fraction of sp³-hybridized carbons (Fsp3) is 0.688. The highest BCUT2D eigenvalue weighted by Crippen LogP contribution is 2.37. The van der Waals surface area contributed by atoms with Crippen LogP contribution in [0, 0.1) is 12.3 Å². The van der Waals surface area contributed by atoms with E-state index < -0.39 is 17.7 Å².